The van der Waals surface area contributed by atoms with Crippen molar-refractivity contribution in [1.82, 2.24) is 14.1 Å². The van der Waals surface area contributed by atoms with Gasteiger partial charge in [-0.2, -0.15) is 0 Å². The van der Waals surface area contributed by atoms with Gasteiger partial charge in [0.05, 0.1) is 12.7 Å². The third kappa shape index (κ3) is 4.23. The minimum atomic E-state index is -0.119. The molecule has 0 fully saturated rings. The van der Waals surface area contributed by atoms with Crippen LogP contribution in [0.1, 0.15) is 33.1 Å². The fraction of sp³-hybridized carbons (Fsp3) is 0.200. The van der Waals surface area contributed by atoms with E-state index in [-0.39, 0.29) is 5.91 Å². The van der Waals surface area contributed by atoms with Gasteiger partial charge < -0.3 is 19.2 Å². The topological polar surface area (TPSA) is 61.1 Å². The third-order valence-electron chi connectivity index (χ3n) is 5.49. The Morgan fingerprint density at radius 1 is 1.03 bits per heavy atom. The van der Waals surface area contributed by atoms with Gasteiger partial charge in [-0.05, 0) is 68.8 Å². The maximum atomic E-state index is 13.0. The van der Waals surface area contributed by atoms with E-state index in [0.717, 1.165) is 46.4 Å². The number of aryl methyl sites for hydroxylation is 2. The summed E-state index contributed by atoms with van der Waals surface area (Å²) < 4.78 is 9.40. The number of rotatable bonds is 6. The highest BCUT2D eigenvalue weighted by atomic mass is 16.5. The van der Waals surface area contributed by atoms with E-state index in [4.69, 9.17) is 4.74 Å². The summed E-state index contributed by atoms with van der Waals surface area (Å²) in [6, 6.07) is 17.6. The van der Waals surface area contributed by atoms with Crippen LogP contribution in [0.25, 0.3) is 5.69 Å². The highest BCUT2D eigenvalue weighted by Crippen LogP contribution is 2.24. The number of hydrogen-bond acceptors (Lipinski definition) is 3. The summed E-state index contributed by atoms with van der Waals surface area (Å²) in [6.45, 7) is 6.70. The summed E-state index contributed by atoms with van der Waals surface area (Å²) in [6.07, 6.45) is 3.76. The molecule has 0 saturated carbocycles. The van der Waals surface area contributed by atoms with Crippen molar-refractivity contribution in [1.29, 1.82) is 0 Å². The molecule has 0 saturated heterocycles. The number of benzene rings is 2. The smallest absolute Gasteiger partial charge is 0.257 e. The Labute approximate surface area is 182 Å². The molecule has 2 aromatic carbocycles. The fourth-order valence-corrected chi connectivity index (χ4v) is 3.78. The van der Waals surface area contributed by atoms with Gasteiger partial charge >= 0.3 is 0 Å². The van der Waals surface area contributed by atoms with Crippen molar-refractivity contribution in [2.75, 3.05) is 12.4 Å². The summed E-state index contributed by atoms with van der Waals surface area (Å²) >= 11 is 0. The molecule has 6 heteroatoms. The molecular formula is C25H26N4O2. The molecule has 4 aromatic rings. The van der Waals surface area contributed by atoms with Crippen LogP contribution in [0.4, 0.5) is 5.69 Å². The minimum absolute atomic E-state index is 0.119. The van der Waals surface area contributed by atoms with Crippen LogP contribution >= 0.6 is 0 Å². The van der Waals surface area contributed by atoms with Crippen LogP contribution in [0.3, 0.4) is 0 Å². The van der Waals surface area contributed by atoms with Crippen molar-refractivity contribution in [2.24, 2.45) is 0 Å². The van der Waals surface area contributed by atoms with Gasteiger partial charge in [-0.1, -0.05) is 12.1 Å². The first-order valence-corrected chi connectivity index (χ1v) is 10.2. The number of nitrogens with zero attached hydrogens (tertiary/aromatic N) is 3. The Kier molecular flexibility index (Phi) is 5.62. The molecule has 2 heterocycles. The summed E-state index contributed by atoms with van der Waals surface area (Å²) in [7, 11) is 1.65. The van der Waals surface area contributed by atoms with Gasteiger partial charge in [-0.15, -0.1) is 0 Å². The van der Waals surface area contributed by atoms with E-state index >= 15 is 0 Å². The lowest BCUT2D eigenvalue weighted by atomic mass is 10.2. The molecule has 0 aliphatic carbocycles. The van der Waals surface area contributed by atoms with Gasteiger partial charge in [0.25, 0.3) is 5.91 Å². The maximum Gasteiger partial charge on any atom is 0.257 e. The number of amides is 1. The first kappa shape index (κ1) is 20.5. The van der Waals surface area contributed by atoms with Crippen LogP contribution in [-0.4, -0.2) is 27.1 Å². The quantitative estimate of drug-likeness (QED) is 0.488. The summed E-state index contributed by atoms with van der Waals surface area (Å²) in [5.41, 5.74) is 5.47. The molecule has 4 rings (SSSR count). The minimum Gasteiger partial charge on any atom is -0.497 e. The van der Waals surface area contributed by atoms with Crippen molar-refractivity contribution >= 4 is 11.6 Å². The lowest BCUT2D eigenvalue weighted by Crippen LogP contribution is -2.13. The van der Waals surface area contributed by atoms with E-state index in [9.17, 15) is 4.79 Å². The average Bonchev–Trinajstić information content (AvgIpc) is 3.31. The number of anilines is 1. The zero-order valence-electron chi connectivity index (χ0n) is 18.2. The second kappa shape index (κ2) is 8.52. The Hall–Kier alpha value is -3.80. The molecule has 0 bridgehead atoms. The van der Waals surface area contributed by atoms with Crippen LogP contribution in [0.2, 0.25) is 0 Å². The average molecular weight is 415 g/mol. The van der Waals surface area contributed by atoms with Crippen LogP contribution in [0, 0.1) is 20.8 Å². The SMILES string of the molecule is COc1ccc(-n2c(C)cc(C(=O)Nc3ccc(Cn4ccnc4C)cc3)c2C)cc1. The first-order chi connectivity index (χ1) is 15.0. The molecule has 0 unspecified atom stereocenters. The number of aromatic nitrogens is 3. The molecule has 31 heavy (non-hydrogen) atoms. The molecule has 0 aliphatic rings. The van der Waals surface area contributed by atoms with Crippen molar-refractivity contribution in [3.05, 3.63) is 95.3 Å². The largest absolute Gasteiger partial charge is 0.497 e. The van der Waals surface area contributed by atoms with Crippen molar-refractivity contribution in [3.63, 3.8) is 0 Å². The van der Waals surface area contributed by atoms with Crippen LogP contribution in [0.15, 0.2) is 67.0 Å². The number of hydrogen-bond donors (Lipinski definition) is 1. The van der Waals surface area contributed by atoms with Gasteiger partial charge in [0.2, 0.25) is 0 Å². The van der Waals surface area contributed by atoms with Gasteiger partial charge in [-0.3, -0.25) is 4.79 Å². The number of nitrogens with one attached hydrogen (secondary N) is 1. The maximum absolute atomic E-state index is 13.0. The molecule has 6 nitrogen and oxygen atoms in total. The Bertz CT molecular complexity index is 1200. The summed E-state index contributed by atoms with van der Waals surface area (Å²) in [5.74, 6) is 1.66. The summed E-state index contributed by atoms with van der Waals surface area (Å²) in [4.78, 5) is 17.2. The van der Waals surface area contributed by atoms with E-state index in [2.05, 4.69) is 19.4 Å². The Balaban J connectivity index is 1.50. The second-order valence-corrected chi connectivity index (χ2v) is 7.57. The van der Waals surface area contributed by atoms with E-state index < -0.39 is 0 Å². The van der Waals surface area contributed by atoms with Gasteiger partial charge in [-0.25, -0.2) is 4.98 Å². The van der Waals surface area contributed by atoms with Crippen LogP contribution < -0.4 is 10.1 Å². The van der Waals surface area contributed by atoms with E-state index in [1.54, 1.807) is 13.3 Å². The lowest BCUT2D eigenvalue weighted by Gasteiger charge is -2.11. The second-order valence-electron chi connectivity index (χ2n) is 7.57. The molecule has 2 aromatic heterocycles. The molecule has 1 N–H and O–H groups in total. The number of imidazole rings is 1. The highest BCUT2D eigenvalue weighted by Gasteiger charge is 2.17. The van der Waals surface area contributed by atoms with E-state index in [1.807, 2.05) is 81.6 Å². The van der Waals surface area contributed by atoms with Crippen molar-refractivity contribution in [2.45, 2.75) is 27.3 Å². The van der Waals surface area contributed by atoms with Gasteiger partial charge in [0.1, 0.15) is 11.6 Å². The predicted octanol–water partition coefficient (Wildman–Crippen LogP) is 4.91. The number of methoxy groups -OCH3 is 1. The molecule has 158 valence electrons. The zero-order chi connectivity index (χ0) is 22.0. The molecule has 1 amide bonds. The number of carbonyl (C=O) groups excluding carboxylic acids is 1. The summed E-state index contributed by atoms with van der Waals surface area (Å²) in [5, 5.41) is 3.02. The van der Waals surface area contributed by atoms with Crippen molar-refractivity contribution in [3.8, 4) is 11.4 Å². The fourth-order valence-electron chi connectivity index (χ4n) is 3.78. The lowest BCUT2D eigenvalue weighted by molar-refractivity contribution is 0.102. The van der Waals surface area contributed by atoms with E-state index in [0.29, 0.717) is 5.56 Å². The Morgan fingerprint density at radius 3 is 2.35 bits per heavy atom. The number of ether oxygens (including phenoxy) is 1. The standard InChI is InChI=1S/C25H26N4O2/c1-17-15-24(18(2)29(17)22-9-11-23(31-4)12-10-22)25(30)27-21-7-5-20(6-8-21)16-28-14-13-26-19(28)3/h5-15H,16H2,1-4H3,(H,27,30). The predicted molar refractivity (Wildman–Crippen MR) is 122 cm³/mol. The zero-order valence-corrected chi connectivity index (χ0v) is 18.2. The van der Waals surface area contributed by atoms with Gasteiger partial charge in [0.15, 0.2) is 0 Å². The normalized spacial score (nSPS) is 10.8. The monoisotopic (exact) mass is 414 g/mol. The van der Waals surface area contributed by atoms with Crippen molar-refractivity contribution < 1.29 is 9.53 Å². The van der Waals surface area contributed by atoms with Gasteiger partial charge in [0, 0.05) is 41.7 Å². The molecule has 0 atom stereocenters. The molecule has 0 aliphatic heterocycles. The van der Waals surface area contributed by atoms with E-state index in [1.165, 1.54) is 0 Å². The number of carbonyl (C=O) groups is 1. The van der Waals surface area contributed by atoms with Crippen LogP contribution in [-0.2, 0) is 6.54 Å². The highest BCUT2D eigenvalue weighted by molar-refractivity contribution is 6.05. The van der Waals surface area contributed by atoms with Crippen LogP contribution in [0.5, 0.6) is 5.75 Å². The molecular weight excluding hydrogens is 388 g/mol. The molecule has 0 radical (unpaired) electrons. The molecule has 0 spiro atoms. The first-order valence-electron chi connectivity index (χ1n) is 10.2. The third-order valence-corrected chi connectivity index (χ3v) is 5.49. The Morgan fingerprint density at radius 2 is 1.74 bits per heavy atom.